The lowest BCUT2D eigenvalue weighted by Gasteiger charge is -2.37. The lowest BCUT2D eigenvalue weighted by atomic mass is 9.71. The molecule has 104 valence electrons. The zero-order valence-electron chi connectivity index (χ0n) is 11.6. The second kappa shape index (κ2) is 5.85. The second-order valence-electron chi connectivity index (χ2n) is 6.49. The summed E-state index contributed by atoms with van der Waals surface area (Å²) >= 11 is 6.02. The molecule has 0 saturated heterocycles. The van der Waals surface area contributed by atoms with Gasteiger partial charge in [-0.05, 0) is 61.6 Å². The third-order valence-electron chi connectivity index (χ3n) is 5.19. The van der Waals surface area contributed by atoms with Gasteiger partial charge in [0.2, 0.25) is 0 Å². The molecule has 3 rings (SSSR count). The van der Waals surface area contributed by atoms with Crippen molar-refractivity contribution in [1.29, 1.82) is 0 Å². The molecule has 2 saturated carbocycles. The van der Waals surface area contributed by atoms with Gasteiger partial charge < -0.3 is 5.32 Å². The van der Waals surface area contributed by atoms with Gasteiger partial charge in [0.25, 0.3) is 0 Å². The average Bonchev–Trinajstić information content (AvgIpc) is 2.87. The fourth-order valence-electron chi connectivity index (χ4n) is 3.97. The van der Waals surface area contributed by atoms with E-state index in [0.717, 1.165) is 17.0 Å². The van der Waals surface area contributed by atoms with Crippen molar-refractivity contribution < 1.29 is 0 Å². The molecule has 1 aromatic rings. The van der Waals surface area contributed by atoms with Crippen LogP contribution in [-0.2, 0) is 6.54 Å². The zero-order chi connectivity index (χ0) is 13.1. The Labute approximate surface area is 121 Å². The van der Waals surface area contributed by atoms with Crippen LogP contribution in [0.15, 0.2) is 24.3 Å². The van der Waals surface area contributed by atoms with Crippen molar-refractivity contribution in [2.45, 2.75) is 64.0 Å². The minimum atomic E-state index is 0.713. The van der Waals surface area contributed by atoms with E-state index >= 15 is 0 Å². The minimum Gasteiger partial charge on any atom is -0.310 e. The van der Waals surface area contributed by atoms with Crippen LogP contribution in [0.4, 0.5) is 0 Å². The molecular formula is C17H24ClN. The average molecular weight is 278 g/mol. The van der Waals surface area contributed by atoms with Crippen molar-refractivity contribution in [1.82, 2.24) is 5.32 Å². The lowest BCUT2D eigenvalue weighted by Crippen LogP contribution is -2.36. The molecule has 0 radical (unpaired) electrons. The van der Waals surface area contributed by atoms with Gasteiger partial charge in [-0.1, -0.05) is 36.6 Å². The maximum absolute atomic E-state index is 6.02. The first-order chi connectivity index (χ1) is 9.26. The van der Waals surface area contributed by atoms with Crippen molar-refractivity contribution in [3.05, 3.63) is 34.9 Å². The normalized spacial score (nSPS) is 23.0. The monoisotopic (exact) mass is 277 g/mol. The lowest BCUT2D eigenvalue weighted by molar-refractivity contribution is 0.168. The molecule has 1 nitrogen and oxygen atoms in total. The van der Waals surface area contributed by atoms with Crippen LogP contribution in [0.1, 0.15) is 56.9 Å². The van der Waals surface area contributed by atoms with Crippen molar-refractivity contribution >= 4 is 11.6 Å². The van der Waals surface area contributed by atoms with Crippen molar-refractivity contribution in [3.8, 4) is 0 Å². The molecule has 2 fully saturated rings. The minimum absolute atomic E-state index is 0.713. The maximum atomic E-state index is 6.02. The summed E-state index contributed by atoms with van der Waals surface area (Å²) in [6.07, 6.45) is 11.5. The van der Waals surface area contributed by atoms with Crippen LogP contribution in [0.25, 0.3) is 0 Å². The quantitative estimate of drug-likeness (QED) is 0.826. The number of hydrogen-bond donors (Lipinski definition) is 1. The molecular weight excluding hydrogens is 254 g/mol. The molecule has 0 unspecified atom stereocenters. The Bertz CT molecular complexity index is 413. The van der Waals surface area contributed by atoms with Crippen LogP contribution in [0.3, 0.4) is 0 Å². The van der Waals surface area contributed by atoms with Crippen LogP contribution >= 0.6 is 11.6 Å². The largest absolute Gasteiger partial charge is 0.310 e. The predicted molar refractivity (Wildman–Crippen MR) is 81.4 cm³/mol. The summed E-state index contributed by atoms with van der Waals surface area (Å²) < 4.78 is 0. The Kier molecular flexibility index (Phi) is 4.14. The van der Waals surface area contributed by atoms with E-state index < -0.39 is 0 Å². The van der Waals surface area contributed by atoms with Gasteiger partial charge in [-0.25, -0.2) is 0 Å². The number of rotatable bonds is 3. The van der Waals surface area contributed by atoms with E-state index in [9.17, 15) is 0 Å². The van der Waals surface area contributed by atoms with Crippen molar-refractivity contribution in [2.24, 2.45) is 5.41 Å². The van der Waals surface area contributed by atoms with E-state index in [0.29, 0.717) is 6.04 Å². The molecule has 1 spiro atoms. The van der Waals surface area contributed by atoms with Gasteiger partial charge in [0, 0.05) is 17.6 Å². The van der Waals surface area contributed by atoms with Crippen LogP contribution in [0.2, 0.25) is 5.02 Å². The Morgan fingerprint density at radius 2 is 1.84 bits per heavy atom. The predicted octanol–water partition coefficient (Wildman–Crippen LogP) is 4.93. The van der Waals surface area contributed by atoms with Gasteiger partial charge in [0.1, 0.15) is 0 Å². The summed E-state index contributed by atoms with van der Waals surface area (Å²) in [5, 5.41) is 4.55. The SMILES string of the molecule is Clc1cccc(CNC2CCC3(CCCC3)CC2)c1. The van der Waals surface area contributed by atoms with Gasteiger partial charge in [-0.15, -0.1) is 0 Å². The summed E-state index contributed by atoms with van der Waals surface area (Å²) in [7, 11) is 0. The van der Waals surface area contributed by atoms with E-state index in [1.54, 1.807) is 0 Å². The van der Waals surface area contributed by atoms with Gasteiger partial charge in [0.15, 0.2) is 0 Å². The van der Waals surface area contributed by atoms with Crippen LogP contribution in [0, 0.1) is 5.41 Å². The summed E-state index contributed by atoms with van der Waals surface area (Å²) in [5.41, 5.74) is 2.04. The van der Waals surface area contributed by atoms with E-state index in [4.69, 9.17) is 11.6 Å². The molecule has 2 heteroatoms. The van der Waals surface area contributed by atoms with Gasteiger partial charge in [0.05, 0.1) is 0 Å². The summed E-state index contributed by atoms with van der Waals surface area (Å²) in [6, 6.07) is 8.91. The molecule has 1 aromatic carbocycles. The molecule has 2 aliphatic carbocycles. The number of hydrogen-bond acceptors (Lipinski definition) is 1. The third kappa shape index (κ3) is 3.32. The Morgan fingerprint density at radius 1 is 1.11 bits per heavy atom. The first kappa shape index (κ1) is 13.5. The number of halogens is 1. The van der Waals surface area contributed by atoms with Crippen LogP contribution < -0.4 is 5.32 Å². The molecule has 0 amide bonds. The Morgan fingerprint density at radius 3 is 2.53 bits per heavy atom. The van der Waals surface area contributed by atoms with Crippen LogP contribution in [-0.4, -0.2) is 6.04 Å². The highest BCUT2D eigenvalue weighted by Crippen LogP contribution is 2.48. The van der Waals surface area contributed by atoms with E-state index in [2.05, 4.69) is 17.4 Å². The second-order valence-corrected chi connectivity index (χ2v) is 6.93. The highest BCUT2D eigenvalue weighted by atomic mass is 35.5. The molecule has 0 atom stereocenters. The molecule has 0 bridgehead atoms. The number of benzene rings is 1. The third-order valence-corrected chi connectivity index (χ3v) is 5.43. The Hall–Kier alpha value is -0.530. The standard InChI is InChI=1S/C17H24ClN/c18-15-5-3-4-14(12-15)13-19-16-6-10-17(11-7-16)8-1-2-9-17/h3-5,12,16,19H,1-2,6-11,13H2. The molecule has 19 heavy (non-hydrogen) atoms. The first-order valence-corrected chi connectivity index (χ1v) is 8.11. The van der Waals surface area contributed by atoms with Gasteiger partial charge >= 0.3 is 0 Å². The summed E-state index contributed by atoms with van der Waals surface area (Å²) in [4.78, 5) is 0. The first-order valence-electron chi connectivity index (χ1n) is 7.74. The van der Waals surface area contributed by atoms with E-state index in [1.807, 2.05) is 12.1 Å². The molecule has 0 aromatic heterocycles. The van der Waals surface area contributed by atoms with Crippen molar-refractivity contribution in [3.63, 3.8) is 0 Å². The fraction of sp³-hybridized carbons (Fsp3) is 0.647. The smallest absolute Gasteiger partial charge is 0.0409 e. The van der Waals surface area contributed by atoms with E-state index in [-0.39, 0.29) is 0 Å². The highest BCUT2D eigenvalue weighted by Gasteiger charge is 2.37. The molecule has 2 aliphatic rings. The molecule has 0 heterocycles. The van der Waals surface area contributed by atoms with Gasteiger partial charge in [-0.2, -0.15) is 0 Å². The van der Waals surface area contributed by atoms with Crippen LogP contribution in [0.5, 0.6) is 0 Å². The van der Waals surface area contributed by atoms with E-state index in [1.165, 1.54) is 56.9 Å². The number of nitrogens with one attached hydrogen (secondary N) is 1. The Balaban J connectivity index is 1.47. The summed E-state index contributed by atoms with van der Waals surface area (Å²) in [5.74, 6) is 0. The molecule has 0 aliphatic heterocycles. The maximum Gasteiger partial charge on any atom is 0.0409 e. The topological polar surface area (TPSA) is 12.0 Å². The summed E-state index contributed by atoms with van der Waals surface area (Å²) in [6.45, 7) is 0.957. The zero-order valence-corrected chi connectivity index (χ0v) is 12.4. The molecule has 1 N–H and O–H groups in total. The highest BCUT2D eigenvalue weighted by molar-refractivity contribution is 6.30. The fourth-order valence-corrected chi connectivity index (χ4v) is 4.18. The van der Waals surface area contributed by atoms with Gasteiger partial charge in [-0.3, -0.25) is 0 Å². The van der Waals surface area contributed by atoms with Crippen molar-refractivity contribution in [2.75, 3.05) is 0 Å².